The van der Waals surface area contributed by atoms with Crippen molar-refractivity contribution in [1.82, 2.24) is 4.90 Å². The number of carbonyl (C=O) groups is 2. The number of anilines is 2. The lowest BCUT2D eigenvalue weighted by molar-refractivity contribution is -0.140. The molecule has 1 heterocycles. The standard InChI is InChI=1S/C19H27N3O2/c1-21(2)17-8-6-16(7-9-17)20-18(23)14-10-12-22(13-11-14)19(24)15-4-3-5-15/h6-9,14-15H,3-5,10-13H2,1-2H3,(H,20,23). The topological polar surface area (TPSA) is 52.7 Å². The summed E-state index contributed by atoms with van der Waals surface area (Å²) >= 11 is 0. The van der Waals surface area contributed by atoms with Crippen LogP contribution in [0.15, 0.2) is 24.3 Å². The van der Waals surface area contributed by atoms with Gasteiger partial charge in [-0.25, -0.2) is 0 Å². The van der Waals surface area contributed by atoms with Crippen molar-refractivity contribution in [1.29, 1.82) is 0 Å². The smallest absolute Gasteiger partial charge is 0.227 e. The minimum atomic E-state index is 0.00367. The Morgan fingerprint density at radius 3 is 2.12 bits per heavy atom. The fourth-order valence-corrected chi connectivity index (χ4v) is 3.36. The van der Waals surface area contributed by atoms with Gasteiger partial charge in [0.05, 0.1) is 0 Å². The summed E-state index contributed by atoms with van der Waals surface area (Å²) in [6.07, 6.45) is 4.80. The normalized spacial score (nSPS) is 18.8. The summed E-state index contributed by atoms with van der Waals surface area (Å²) in [5.74, 6) is 0.636. The van der Waals surface area contributed by atoms with Gasteiger partial charge >= 0.3 is 0 Å². The number of amides is 2. The van der Waals surface area contributed by atoms with Crippen LogP contribution in [0.4, 0.5) is 11.4 Å². The van der Waals surface area contributed by atoms with Crippen LogP contribution >= 0.6 is 0 Å². The number of rotatable bonds is 4. The molecule has 0 atom stereocenters. The molecule has 5 heteroatoms. The number of benzene rings is 1. The van der Waals surface area contributed by atoms with Gasteiger partial charge in [0, 0.05) is 50.4 Å². The first-order valence-electron chi connectivity index (χ1n) is 8.91. The zero-order valence-electron chi connectivity index (χ0n) is 14.6. The van der Waals surface area contributed by atoms with Gasteiger partial charge in [-0.2, -0.15) is 0 Å². The lowest BCUT2D eigenvalue weighted by Gasteiger charge is -2.36. The first kappa shape index (κ1) is 16.8. The van der Waals surface area contributed by atoms with E-state index in [1.807, 2.05) is 48.2 Å². The highest BCUT2D eigenvalue weighted by molar-refractivity contribution is 5.93. The highest BCUT2D eigenvalue weighted by Gasteiger charge is 2.33. The first-order valence-corrected chi connectivity index (χ1v) is 8.91. The van der Waals surface area contributed by atoms with Crippen LogP contribution in [0.2, 0.25) is 0 Å². The van der Waals surface area contributed by atoms with Crippen molar-refractivity contribution < 1.29 is 9.59 Å². The third-order valence-electron chi connectivity index (χ3n) is 5.28. The van der Waals surface area contributed by atoms with Gasteiger partial charge < -0.3 is 15.1 Å². The minimum absolute atomic E-state index is 0.00367. The molecule has 1 N–H and O–H groups in total. The molecule has 5 nitrogen and oxygen atoms in total. The minimum Gasteiger partial charge on any atom is -0.378 e. The Balaban J connectivity index is 1.48. The molecular weight excluding hydrogens is 302 g/mol. The second kappa shape index (κ2) is 7.24. The van der Waals surface area contributed by atoms with E-state index in [1.165, 1.54) is 6.42 Å². The Kier molecular flexibility index (Phi) is 5.07. The number of nitrogens with zero attached hydrogens (tertiary/aromatic N) is 2. The second-order valence-corrected chi connectivity index (χ2v) is 7.16. The van der Waals surface area contributed by atoms with Crippen LogP contribution in [-0.2, 0) is 9.59 Å². The van der Waals surface area contributed by atoms with Crippen LogP contribution in [0.5, 0.6) is 0 Å². The van der Waals surface area contributed by atoms with E-state index >= 15 is 0 Å². The maximum atomic E-state index is 12.4. The summed E-state index contributed by atoms with van der Waals surface area (Å²) in [4.78, 5) is 28.7. The highest BCUT2D eigenvalue weighted by Crippen LogP contribution is 2.30. The average molecular weight is 329 g/mol. The molecule has 24 heavy (non-hydrogen) atoms. The molecule has 0 unspecified atom stereocenters. The number of carbonyl (C=O) groups excluding carboxylic acids is 2. The van der Waals surface area contributed by atoms with Crippen molar-refractivity contribution in [2.75, 3.05) is 37.4 Å². The SMILES string of the molecule is CN(C)c1ccc(NC(=O)C2CCN(C(=O)C3CCC3)CC2)cc1. The predicted octanol–water partition coefficient (Wildman–Crippen LogP) is 2.73. The molecule has 1 aromatic carbocycles. The first-order chi connectivity index (χ1) is 11.5. The van der Waals surface area contributed by atoms with Gasteiger partial charge in [0.2, 0.25) is 11.8 Å². The summed E-state index contributed by atoms with van der Waals surface area (Å²) < 4.78 is 0. The molecule has 1 aromatic rings. The Hall–Kier alpha value is -2.04. The molecule has 2 fully saturated rings. The Labute approximate surface area is 144 Å². The third kappa shape index (κ3) is 3.71. The quantitative estimate of drug-likeness (QED) is 0.924. The van der Waals surface area contributed by atoms with E-state index in [4.69, 9.17) is 0 Å². The monoisotopic (exact) mass is 329 g/mol. The molecular formula is C19H27N3O2. The van der Waals surface area contributed by atoms with Crippen molar-refractivity contribution in [2.24, 2.45) is 11.8 Å². The zero-order chi connectivity index (χ0) is 17.1. The van der Waals surface area contributed by atoms with Crippen LogP contribution < -0.4 is 10.2 Å². The van der Waals surface area contributed by atoms with Crippen LogP contribution in [0.25, 0.3) is 0 Å². The molecule has 0 spiro atoms. The van der Waals surface area contributed by atoms with Crippen LogP contribution in [0.3, 0.4) is 0 Å². The van der Waals surface area contributed by atoms with Gasteiger partial charge in [-0.1, -0.05) is 6.42 Å². The van der Waals surface area contributed by atoms with E-state index in [9.17, 15) is 9.59 Å². The molecule has 2 amide bonds. The van der Waals surface area contributed by atoms with Gasteiger partial charge in [-0.05, 0) is 49.9 Å². The van der Waals surface area contributed by atoms with Crippen molar-refractivity contribution in [3.05, 3.63) is 24.3 Å². The van der Waals surface area contributed by atoms with Crippen molar-refractivity contribution in [3.8, 4) is 0 Å². The molecule has 0 bridgehead atoms. The van der Waals surface area contributed by atoms with Crippen LogP contribution in [-0.4, -0.2) is 43.9 Å². The fourth-order valence-electron chi connectivity index (χ4n) is 3.36. The molecule has 2 aliphatic rings. The maximum absolute atomic E-state index is 12.4. The van der Waals surface area contributed by atoms with E-state index < -0.39 is 0 Å². The van der Waals surface area contributed by atoms with Crippen LogP contribution in [0, 0.1) is 11.8 Å². The Bertz CT molecular complexity index is 585. The summed E-state index contributed by atoms with van der Waals surface area (Å²) in [6, 6.07) is 7.86. The van der Waals surface area contributed by atoms with Gasteiger partial charge in [0.15, 0.2) is 0 Å². The molecule has 1 aliphatic carbocycles. The van der Waals surface area contributed by atoms with E-state index in [2.05, 4.69) is 5.32 Å². The number of hydrogen-bond acceptors (Lipinski definition) is 3. The number of hydrogen-bond donors (Lipinski definition) is 1. The lowest BCUT2D eigenvalue weighted by atomic mass is 9.83. The van der Waals surface area contributed by atoms with E-state index in [0.29, 0.717) is 19.0 Å². The molecule has 1 saturated heterocycles. The van der Waals surface area contributed by atoms with Crippen molar-refractivity contribution in [3.63, 3.8) is 0 Å². The molecule has 130 valence electrons. The Morgan fingerprint density at radius 2 is 1.62 bits per heavy atom. The van der Waals surface area contributed by atoms with E-state index in [0.717, 1.165) is 37.1 Å². The van der Waals surface area contributed by atoms with Gasteiger partial charge in [0.1, 0.15) is 0 Å². The van der Waals surface area contributed by atoms with Crippen molar-refractivity contribution in [2.45, 2.75) is 32.1 Å². The predicted molar refractivity (Wildman–Crippen MR) is 96.0 cm³/mol. The van der Waals surface area contributed by atoms with E-state index in [-0.39, 0.29) is 17.7 Å². The summed E-state index contributed by atoms with van der Waals surface area (Å²) in [7, 11) is 3.98. The summed E-state index contributed by atoms with van der Waals surface area (Å²) in [5.41, 5.74) is 1.94. The third-order valence-corrected chi connectivity index (χ3v) is 5.28. The fraction of sp³-hybridized carbons (Fsp3) is 0.579. The largest absolute Gasteiger partial charge is 0.378 e. The van der Waals surface area contributed by atoms with Gasteiger partial charge in [0.25, 0.3) is 0 Å². The van der Waals surface area contributed by atoms with Crippen molar-refractivity contribution >= 4 is 23.2 Å². The highest BCUT2D eigenvalue weighted by atomic mass is 16.2. The second-order valence-electron chi connectivity index (χ2n) is 7.16. The Morgan fingerprint density at radius 1 is 1.00 bits per heavy atom. The molecule has 1 saturated carbocycles. The van der Waals surface area contributed by atoms with Crippen LogP contribution in [0.1, 0.15) is 32.1 Å². The average Bonchev–Trinajstić information content (AvgIpc) is 2.54. The van der Waals surface area contributed by atoms with Gasteiger partial charge in [-0.15, -0.1) is 0 Å². The van der Waals surface area contributed by atoms with E-state index in [1.54, 1.807) is 0 Å². The zero-order valence-corrected chi connectivity index (χ0v) is 14.6. The molecule has 3 rings (SSSR count). The number of likely N-dealkylation sites (tertiary alicyclic amines) is 1. The molecule has 0 radical (unpaired) electrons. The molecule has 0 aromatic heterocycles. The summed E-state index contributed by atoms with van der Waals surface area (Å²) in [6.45, 7) is 1.43. The maximum Gasteiger partial charge on any atom is 0.227 e. The molecule has 1 aliphatic heterocycles. The number of piperidine rings is 1. The summed E-state index contributed by atoms with van der Waals surface area (Å²) in [5, 5.41) is 3.01. The number of nitrogens with one attached hydrogen (secondary N) is 1. The lowest BCUT2D eigenvalue weighted by Crippen LogP contribution is -2.45. The van der Waals surface area contributed by atoms with Gasteiger partial charge in [-0.3, -0.25) is 9.59 Å².